The third-order valence-corrected chi connectivity index (χ3v) is 5.80. The van der Waals surface area contributed by atoms with Crippen molar-refractivity contribution in [3.8, 4) is 0 Å². The van der Waals surface area contributed by atoms with Crippen LogP contribution >= 0.6 is 0 Å². The van der Waals surface area contributed by atoms with Crippen LogP contribution in [0.1, 0.15) is 69.3 Å². The van der Waals surface area contributed by atoms with Gasteiger partial charge in [0, 0.05) is 43.9 Å². The fourth-order valence-electron chi connectivity index (χ4n) is 3.97. The van der Waals surface area contributed by atoms with Crippen LogP contribution in [0.15, 0.2) is 12.4 Å². The second kappa shape index (κ2) is 9.80. The van der Waals surface area contributed by atoms with Crippen molar-refractivity contribution in [3.05, 3.63) is 18.1 Å². The maximum absolute atomic E-state index is 12.7. The van der Waals surface area contributed by atoms with E-state index in [2.05, 4.69) is 20.6 Å². The van der Waals surface area contributed by atoms with Crippen molar-refractivity contribution in [3.63, 3.8) is 0 Å². The molecule has 2 N–H and O–H groups in total. The Balaban J connectivity index is 1.51. The van der Waals surface area contributed by atoms with Gasteiger partial charge in [0.05, 0.1) is 0 Å². The number of hydrogen-bond acceptors (Lipinski definition) is 5. The molecular weight excluding hydrogens is 370 g/mol. The second-order valence-corrected chi connectivity index (χ2v) is 8.38. The Kier molecular flexibility index (Phi) is 7.17. The van der Waals surface area contributed by atoms with Crippen molar-refractivity contribution in [2.75, 3.05) is 18.4 Å². The van der Waals surface area contributed by atoms with Gasteiger partial charge in [-0.3, -0.25) is 14.4 Å². The summed E-state index contributed by atoms with van der Waals surface area (Å²) in [7, 11) is 0. The lowest BCUT2D eigenvalue weighted by Gasteiger charge is -2.33. The molecule has 1 saturated carbocycles. The molecule has 158 valence electrons. The number of amides is 3. The molecule has 2 heterocycles. The quantitative estimate of drug-likeness (QED) is 0.761. The summed E-state index contributed by atoms with van der Waals surface area (Å²) in [5.74, 6) is 0.179. The predicted molar refractivity (Wildman–Crippen MR) is 109 cm³/mol. The molecule has 1 aliphatic carbocycles. The molecule has 1 aromatic rings. The van der Waals surface area contributed by atoms with Gasteiger partial charge in [0.15, 0.2) is 11.5 Å². The smallest absolute Gasteiger partial charge is 0.273 e. The molecule has 1 aromatic heterocycles. The molecule has 0 unspecified atom stereocenters. The second-order valence-electron chi connectivity index (χ2n) is 8.38. The lowest BCUT2D eigenvalue weighted by molar-refractivity contribution is -0.133. The highest BCUT2D eigenvalue weighted by atomic mass is 16.2. The highest BCUT2D eigenvalue weighted by Gasteiger charge is 2.27. The van der Waals surface area contributed by atoms with Crippen LogP contribution in [-0.4, -0.2) is 51.7 Å². The number of anilines is 1. The molecule has 8 nitrogen and oxygen atoms in total. The number of aromatic nitrogens is 2. The zero-order chi connectivity index (χ0) is 20.8. The first-order valence-electron chi connectivity index (χ1n) is 10.6. The molecule has 29 heavy (non-hydrogen) atoms. The van der Waals surface area contributed by atoms with Crippen molar-refractivity contribution < 1.29 is 14.4 Å². The summed E-state index contributed by atoms with van der Waals surface area (Å²) in [5.41, 5.74) is 0.112. The largest absolute Gasteiger partial charge is 0.348 e. The molecular formula is C21H31N5O3. The fourth-order valence-corrected chi connectivity index (χ4v) is 3.97. The molecule has 0 atom stereocenters. The predicted octanol–water partition coefficient (Wildman–Crippen LogP) is 2.37. The van der Waals surface area contributed by atoms with Crippen LogP contribution in [0.25, 0.3) is 0 Å². The van der Waals surface area contributed by atoms with Crippen LogP contribution in [0, 0.1) is 11.8 Å². The van der Waals surface area contributed by atoms with Gasteiger partial charge in [-0.2, -0.15) is 0 Å². The molecule has 3 amide bonds. The minimum absolute atomic E-state index is 0.0197. The Hall–Kier alpha value is -2.51. The molecule has 3 rings (SSSR count). The maximum Gasteiger partial charge on any atom is 0.273 e. The van der Waals surface area contributed by atoms with Crippen LogP contribution in [0.3, 0.4) is 0 Å². The molecule has 2 fully saturated rings. The highest BCUT2D eigenvalue weighted by molar-refractivity contribution is 6.01. The normalized spacial score (nSPS) is 18.1. The van der Waals surface area contributed by atoms with Crippen LogP contribution in [0.2, 0.25) is 0 Å². The van der Waals surface area contributed by atoms with E-state index in [-0.39, 0.29) is 41.2 Å². The molecule has 2 aliphatic rings. The monoisotopic (exact) mass is 401 g/mol. The first-order valence-corrected chi connectivity index (χ1v) is 10.6. The number of carbonyl (C=O) groups is 3. The van der Waals surface area contributed by atoms with E-state index in [0.29, 0.717) is 25.4 Å². The average Bonchev–Trinajstić information content (AvgIpc) is 3.21. The van der Waals surface area contributed by atoms with Crippen molar-refractivity contribution in [2.24, 2.45) is 11.8 Å². The lowest BCUT2D eigenvalue weighted by Crippen LogP contribution is -2.47. The molecule has 0 spiro atoms. The summed E-state index contributed by atoms with van der Waals surface area (Å²) in [4.78, 5) is 47.2. The summed E-state index contributed by atoms with van der Waals surface area (Å²) < 4.78 is 0. The van der Waals surface area contributed by atoms with Gasteiger partial charge >= 0.3 is 0 Å². The number of carbonyl (C=O) groups excluding carboxylic acids is 3. The third kappa shape index (κ3) is 5.74. The lowest BCUT2D eigenvalue weighted by atomic mass is 10.0. The standard InChI is InChI=1S/C21H31N5O3/c1-14(2)20(28)25-19-18(22-9-10-23-19)21(29)24-16-7-11-26(12-8-16)17(27)13-15-5-3-4-6-15/h9-10,14-16H,3-8,11-13H2,1-2H3,(H,24,29)(H,23,25,28). The SMILES string of the molecule is CC(C)C(=O)Nc1nccnc1C(=O)NC1CCN(C(=O)CC2CCCC2)CC1. The summed E-state index contributed by atoms with van der Waals surface area (Å²) in [6, 6.07) is -0.0197. The van der Waals surface area contributed by atoms with E-state index in [0.717, 1.165) is 12.8 Å². The Morgan fingerprint density at radius 2 is 1.72 bits per heavy atom. The zero-order valence-electron chi connectivity index (χ0n) is 17.3. The third-order valence-electron chi connectivity index (χ3n) is 5.80. The number of nitrogens with zero attached hydrogens (tertiary/aromatic N) is 3. The van der Waals surface area contributed by atoms with Crippen LogP contribution in [0.4, 0.5) is 5.82 Å². The van der Waals surface area contributed by atoms with Gasteiger partial charge in [0.1, 0.15) is 0 Å². The molecule has 8 heteroatoms. The molecule has 1 saturated heterocycles. The van der Waals surface area contributed by atoms with E-state index < -0.39 is 0 Å². The van der Waals surface area contributed by atoms with Crippen molar-refractivity contribution in [2.45, 2.75) is 64.8 Å². The number of piperidine rings is 1. The summed E-state index contributed by atoms with van der Waals surface area (Å²) in [5, 5.41) is 5.64. The Morgan fingerprint density at radius 3 is 2.38 bits per heavy atom. The Bertz CT molecular complexity index is 738. The van der Waals surface area contributed by atoms with Gasteiger partial charge in [0.2, 0.25) is 11.8 Å². The van der Waals surface area contributed by atoms with Gasteiger partial charge in [0.25, 0.3) is 5.91 Å². The van der Waals surface area contributed by atoms with E-state index in [1.165, 1.54) is 38.1 Å². The minimum atomic E-state index is -0.354. The zero-order valence-corrected chi connectivity index (χ0v) is 17.3. The molecule has 1 aliphatic heterocycles. The summed E-state index contributed by atoms with van der Waals surface area (Å²) in [6.45, 7) is 4.86. The Morgan fingerprint density at radius 1 is 1.07 bits per heavy atom. The van der Waals surface area contributed by atoms with E-state index in [9.17, 15) is 14.4 Å². The van der Waals surface area contributed by atoms with Crippen molar-refractivity contribution >= 4 is 23.5 Å². The first-order chi connectivity index (χ1) is 13.9. The van der Waals surface area contributed by atoms with E-state index in [1.807, 2.05) is 4.90 Å². The van der Waals surface area contributed by atoms with Gasteiger partial charge in [-0.25, -0.2) is 9.97 Å². The molecule has 0 bridgehead atoms. The van der Waals surface area contributed by atoms with E-state index >= 15 is 0 Å². The van der Waals surface area contributed by atoms with Gasteiger partial charge < -0.3 is 15.5 Å². The van der Waals surface area contributed by atoms with Crippen LogP contribution < -0.4 is 10.6 Å². The number of nitrogens with one attached hydrogen (secondary N) is 2. The highest BCUT2D eigenvalue weighted by Crippen LogP contribution is 2.28. The maximum atomic E-state index is 12.7. The fraction of sp³-hybridized carbons (Fsp3) is 0.667. The minimum Gasteiger partial charge on any atom is -0.348 e. The number of likely N-dealkylation sites (tertiary alicyclic amines) is 1. The van der Waals surface area contributed by atoms with Gasteiger partial charge in [-0.15, -0.1) is 0 Å². The molecule has 0 radical (unpaired) electrons. The summed E-state index contributed by atoms with van der Waals surface area (Å²) in [6.07, 6.45) is 9.81. The summed E-state index contributed by atoms with van der Waals surface area (Å²) >= 11 is 0. The topological polar surface area (TPSA) is 104 Å². The van der Waals surface area contributed by atoms with Gasteiger partial charge in [-0.05, 0) is 31.6 Å². The van der Waals surface area contributed by atoms with Crippen molar-refractivity contribution in [1.29, 1.82) is 0 Å². The number of hydrogen-bond donors (Lipinski definition) is 2. The number of rotatable bonds is 6. The van der Waals surface area contributed by atoms with Crippen LogP contribution in [0.5, 0.6) is 0 Å². The van der Waals surface area contributed by atoms with E-state index in [1.54, 1.807) is 13.8 Å². The van der Waals surface area contributed by atoms with E-state index in [4.69, 9.17) is 0 Å². The molecule has 0 aromatic carbocycles. The first kappa shape index (κ1) is 21.2. The average molecular weight is 402 g/mol. The van der Waals surface area contributed by atoms with Crippen molar-refractivity contribution in [1.82, 2.24) is 20.2 Å². The van der Waals surface area contributed by atoms with Gasteiger partial charge in [-0.1, -0.05) is 26.7 Å². The Labute approximate surface area is 171 Å². The van der Waals surface area contributed by atoms with Crippen LogP contribution in [-0.2, 0) is 9.59 Å².